The standard InChI is InChI=1S/C16H21N5O/c1-2-5-17-16(22)13-3-4-15(18-10-13)19-11-14-12-20-6-8-21(14)9-7-20/h1,3-4,10,14H,5-9,11-12H2,(H,17,22)(H,18,19). The van der Waals surface area contributed by atoms with Crippen LogP contribution >= 0.6 is 0 Å². The van der Waals surface area contributed by atoms with Crippen LogP contribution in [0.2, 0.25) is 0 Å². The lowest BCUT2D eigenvalue weighted by Crippen LogP contribution is -2.62. The number of carbonyl (C=O) groups is 1. The number of piperazine rings is 3. The van der Waals surface area contributed by atoms with Crippen molar-refractivity contribution in [3.8, 4) is 12.3 Å². The normalized spacial score (nSPS) is 26.2. The Morgan fingerprint density at radius 1 is 1.36 bits per heavy atom. The van der Waals surface area contributed by atoms with Crippen LogP contribution in [0.5, 0.6) is 0 Å². The first-order chi connectivity index (χ1) is 10.8. The van der Waals surface area contributed by atoms with Gasteiger partial charge < -0.3 is 10.6 Å². The summed E-state index contributed by atoms with van der Waals surface area (Å²) in [5.41, 5.74) is 0.521. The molecular weight excluding hydrogens is 278 g/mol. The van der Waals surface area contributed by atoms with E-state index in [1.54, 1.807) is 12.3 Å². The predicted octanol–water partition coefficient (Wildman–Crippen LogP) is -0.144. The molecule has 2 bridgehead atoms. The summed E-state index contributed by atoms with van der Waals surface area (Å²) in [5.74, 6) is 2.98. The molecule has 116 valence electrons. The Balaban J connectivity index is 1.51. The third kappa shape index (κ3) is 3.38. The second-order valence-corrected chi connectivity index (χ2v) is 5.69. The lowest BCUT2D eigenvalue weighted by Gasteiger charge is -2.47. The van der Waals surface area contributed by atoms with Gasteiger partial charge in [-0.1, -0.05) is 5.92 Å². The van der Waals surface area contributed by atoms with Crippen molar-refractivity contribution >= 4 is 11.7 Å². The number of nitrogens with one attached hydrogen (secondary N) is 2. The van der Waals surface area contributed by atoms with E-state index < -0.39 is 0 Å². The van der Waals surface area contributed by atoms with Crippen molar-refractivity contribution in [1.82, 2.24) is 20.1 Å². The molecule has 0 radical (unpaired) electrons. The van der Waals surface area contributed by atoms with Crippen LogP contribution in [0, 0.1) is 12.3 Å². The van der Waals surface area contributed by atoms with Gasteiger partial charge in [0.1, 0.15) is 5.82 Å². The average Bonchev–Trinajstić information content (AvgIpc) is 2.59. The second kappa shape index (κ2) is 6.77. The zero-order valence-electron chi connectivity index (χ0n) is 12.6. The van der Waals surface area contributed by atoms with Crippen LogP contribution in [0.4, 0.5) is 5.82 Å². The maximum absolute atomic E-state index is 11.7. The van der Waals surface area contributed by atoms with E-state index >= 15 is 0 Å². The Hall–Kier alpha value is -2.10. The molecule has 1 atom stereocenters. The SMILES string of the molecule is C#CCNC(=O)c1ccc(NCC2CN3CCN2CC3)nc1. The van der Waals surface area contributed by atoms with E-state index in [9.17, 15) is 4.79 Å². The number of amides is 1. The van der Waals surface area contributed by atoms with Gasteiger partial charge in [0.05, 0.1) is 12.1 Å². The Kier molecular flexibility index (Phi) is 4.56. The third-order valence-electron chi connectivity index (χ3n) is 4.29. The van der Waals surface area contributed by atoms with Crippen molar-refractivity contribution in [2.24, 2.45) is 0 Å². The Morgan fingerprint density at radius 3 is 2.77 bits per heavy atom. The highest BCUT2D eigenvalue weighted by Crippen LogP contribution is 2.16. The van der Waals surface area contributed by atoms with E-state index in [1.165, 1.54) is 13.1 Å². The molecule has 3 saturated heterocycles. The summed E-state index contributed by atoms with van der Waals surface area (Å²) in [7, 11) is 0. The van der Waals surface area contributed by atoms with Gasteiger partial charge in [-0.05, 0) is 12.1 Å². The molecule has 3 fully saturated rings. The van der Waals surface area contributed by atoms with E-state index in [2.05, 4.69) is 31.3 Å². The van der Waals surface area contributed by atoms with Crippen molar-refractivity contribution in [2.75, 3.05) is 51.1 Å². The number of pyridine rings is 1. The van der Waals surface area contributed by atoms with Crippen LogP contribution < -0.4 is 10.6 Å². The molecule has 6 nitrogen and oxygen atoms in total. The molecule has 1 unspecified atom stereocenters. The minimum absolute atomic E-state index is 0.194. The topological polar surface area (TPSA) is 60.5 Å². The molecule has 1 amide bonds. The number of anilines is 1. The largest absolute Gasteiger partial charge is 0.368 e. The lowest BCUT2D eigenvalue weighted by atomic mass is 10.1. The van der Waals surface area contributed by atoms with E-state index in [-0.39, 0.29) is 12.5 Å². The van der Waals surface area contributed by atoms with Crippen LogP contribution in [0.25, 0.3) is 0 Å². The first kappa shape index (κ1) is 14.8. The van der Waals surface area contributed by atoms with E-state index in [0.717, 1.165) is 32.0 Å². The highest BCUT2D eigenvalue weighted by Gasteiger charge is 2.31. The minimum Gasteiger partial charge on any atom is -0.368 e. The van der Waals surface area contributed by atoms with Crippen LogP contribution in [-0.4, -0.2) is 72.5 Å². The summed E-state index contributed by atoms with van der Waals surface area (Å²) in [6.45, 7) is 6.94. The molecule has 1 aromatic heterocycles. The summed E-state index contributed by atoms with van der Waals surface area (Å²) >= 11 is 0. The van der Waals surface area contributed by atoms with Gasteiger partial charge >= 0.3 is 0 Å². The molecule has 0 aliphatic carbocycles. The fourth-order valence-corrected chi connectivity index (χ4v) is 3.01. The number of aromatic nitrogens is 1. The van der Waals surface area contributed by atoms with E-state index in [1.807, 2.05) is 6.07 Å². The highest BCUT2D eigenvalue weighted by atomic mass is 16.1. The molecule has 3 aliphatic heterocycles. The Labute approximate surface area is 130 Å². The number of terminal acetylenes is 1. The van der Waals surface area contributed by atoms with Crippen molar-refractivity contribution in [3.05, 3.63) is 23.9 Å². The molecule has 1 aromatic rings. The molecule has 0 saturated carbocycles. The van der Waals surface area contributed by atoms with Crippen LogP contribution in [0.15, 0.2) is 18.3 Å². The van der Waals surface area contributed by atoms with Crippen LogP contribution in [0.1, 0.15) is 10.4 Å². The summed E-state index contributed by atoms with van der Waals surface area (Å²) in [5, 5.41) is 5.99. The predicted molar refractivity (Wildman–Crippen MR) is 85.7 cm³/mol. The van der Waals surface area contributed by atoms with Gasteiger partial charge in [0.25, 0.3) is 5.91 Å². The Bertz CT molecular complexity index is 557. The molecule has 0 aromatic carbocycles. The molecule has 0 spiro atoms. The van der Waals surface area contributed by atoms with Crippen molar-refractivity contribution in [1.29, 1.82) is 0 Å². The summed E-state index contributed by atoms with van der Waals surface area (Å²) in [6, 6.07) is 4.14. The summed E-state index contributed by atoms with van der Waals surface area (Å²) in [6.07, 6.45) is 6.69. The van der Waals surface area contributed by atoms with E-state index in [0.29, 0.717) is 11.6 Å². The second-order valence-electron chi connectivity index (χ2n) is 5.69. The molecule has 6 heteroatoms. The summed E-state index contributed by atoms with van der Waals surface area (Å²) in [4.78, 5) is 21.1. The maximum Gasteiger partial charge on any atom is 0.253 e. The van der Waals surface area contributed by atoms with Gasteiger partial charge in [-0.25, -0.2) is 4.98 Å². The van der Waals surface area contributed by atoms with Crippen molar-refractivity contribution < 1.29 is 4.79 Å². The quantitative estimate of drug-likeness (QED) is 0.741. The molecule has 22 heavy (non-hydrogen) atoms. The number of nitrogens with zero attached hydrogens (tertiary/aromatic N) is 3. The van der Waals surface area contributed by atoms with Gasteiger partial charge in [0.2, 0.25) is 0 Å². The number of hydrogen-bond donors (Lipinski definition) is 2. The fourth-order valence-electron chi connectivity index (χ4n) is 3.01. The van der Waals surface area contributed by atoms with Gasteiger partial charge in [0.15, 0.2) is 0 Å². The van der Waals surface area contributed by atoms with Crippen molar-refractivity contribution in [2.45, 2.75) is 6.04 Å². The number of hydrogen-bond acceptors (Lipinski definition) is 5. The molecule has 2 N–H and O–H groups in total. The smallest absolute Gasteiger partial charge is 0.253 e. The minimum atomic E-state index is -0.194. The van der Waals surface area contributed by atoms with Crippen molar-refractivity contribution in [3.63, 3.8) is 0 Å². The van der Waals surface area contributed by atoms with Gasteiger partial charge in [-0.2, -0.15) is 0 Å². The average molecular weight is 299 g/mol. The first-order valence-electron chi connectivity index (χ1n) is 7.64. The molecule has 4 rings (SSSR count). The lowest BCUT2D eigenvalue weighted by molar-refractivity contribution is 0.0189. The van der Waals surface area contributed by atoms with Gasteiger partial charge in [-0.3, -0.25) is 14.6 Å². The number of rotatable bonds is 5. The number of fused-ring (bicyclic) bond motifs is 3. The van der Waals surface area contributed by atoms with Crippen LogP contribution in [-0.2, 0) is 0 Å². The molecular formula is C16H21N5O. The zero-order chi connectivity index (χ0) is 15.4. The molecule has 4 heterocycles. The van der Waals surface area contributed by atoms with Gasteiger partial charge in [-0.15, -0.1) is 6.42 Å². The van der Waals surface area contributed by atoms with Crippen LogP contribution in [0.3, 0.4) is 0 Å². The number of carbonyl (C=O) groups excluding carboxylic acids is 1. The Morgan fingerprint density at radius 2 is 2.18 bits per heavy atom. The summed E-state index contributed by atoms with van der Waals surface area (Å²) < 4.78 is 0. The van der Waals surface area contributed by atoms with E-state index in [4.69, 9.17) is 6.42 Å². The fraction of sp³-hybridized carbons (Fsp3) is 0.500. The first-order valence-corrected chi connectivity index (χ1v) is 7.64. The molecule has 3 aliphatic rings. The third-order valence-corrected chi connectivity index (χ3v) is 4.29. The van der Waals surface area contributed by atoms with Gasteiger partial charge in [0, 0.05) is 51.5 Å². The monoisotopic (exact) mass is 299 g/mol. The highest BCUT2D eigenvalue weighted by molar-refractivity contribution is 5.94. The maximum atomic E-state index is 11.7. The zero-order valence-corrected chi connectivity index (χ0v) is 12.6.